The minimum absolute atomic E-state index is 0.0269. The average molecular weight is 283 g/mol. The Labute approximate surface area is 122 Å². The van der Waals surface area contributed by atoms with E-state index in [2.05, 4.69) is 16.7 Å². The van der Waals surface area contributed by atoms with E-state index in [-0.39, 0.29) is 18.1 Å². The Balaban J connectivity index is 1.87. The number of hydrogen-bond acceptors (Lipinski definition) is 3. The lowest BCUT2D eigenvalue weighted by atomic mass is 10.1. The number of para-hydroxylation sites is 1. The number of rotatable bonds is 5. The van der Waals surface area contributed by atoms with Crippen LogP contribution in [0, 0.1) is 17.1 Å². The van der Waals surface area contributed by atoms with Crippen molar-refractivity contribution in [3.8, 4) is 6.07 Å². The second-order valence-corrected chi connectivity index (χ2v) is 4.41. The van der Waals surface area contributed by atoms with Crippen LogP contribution in [0.2, 0.25) is 0 Å². The van der Waals surface area contributed by atoms with Gasteiger partial charge in [-0.25, -0.2) is 4.39 Å². The normalized spacial score (nSPS) is 9.71. The molecule has 0 fully saturated rings. The van der Waals surface area contributed by atoms with Gasteiger partial charge in [0, 0.05) is 5.69 Å². The van der Waals surface area contributed by atoms with Crippen molar-refractivity contribution in [1.82, 2.24) is 0 Å². The van der Waals surface area contributed by atoms with Gasteiger partial charge in [0.05, 0.1) is 24.7 Å². The van der Waals surface area contributed by atoms with Crippen molar-refractivity contribution in [3.05, 3.63) is 59.9 Å². The highest BCUT2D eigenvalue weighted by molar-refractivity contribution is 5.93. The van der Waals surface area contributed by atoms with Gasteiger partial charge in [-0.15, -0.1) is 0 Å². The summed E-state index contributed by atoms with van der Waals surface area (Å²) in [4.78, 5) is 11.8. The number of nitrogens with zero attached hydrogens (tertiary/aromatic N) is 1. The van der Waals surface area contributed by atoms with Gasteiger partial charge in [0.2, 0.25) is 5.91 Å². The number of nitrogens with one attached hydrogen (secondary N) is 2. The van der Waals surface area contributed by atoms with Gasteiger partial charge in [0.15, 0.2) is 0 Å². The number of nitriles is 1. The first-order valence-electron chi connectivity index (χ1n) is 6.43. The maximum absolute atomic E-state index is 13.4. The van der Waals surface area contributed by atoms with Crippen molar-refractivity contribution in [3.63, 3.8) is 0 Å². The number of amides is 1. The third kappa shape index (κ3) is 4.32. The predicted octanol–water partition coefficient (Wildman–Crippen LogP) is 2.94. The number of benzene rings is 2. The SMILES string of the molecule is N#CCc1ccc(NC(=O)CNc2ccccc2F)cc1. The molecule has 2 aromatic rings. The Kier molecular flexibility index (Phi) is 4.89. The molecule has 2 aromatic carbocycles. The lowest BCUT2D eigenvalue weighted by Gasteiger charge is -2.08. The van der Waals surface area contributed by atoms with E-state index in [0.29, 0.717) is 12.1 Å². The summed E-state index contributed by atoms with van der Waals surface area (Å²) < 4.78 is 13.4. The molecule has 4 nitrogen and oxygen atoms in total. The molecule has 0 aliphatic rings. The highest BCUT2D eigenvalue weighted by atomic mass is 19.1. The van der Waals surface area contributed by atoms with E-state index < -0.39 is 5.82 Å². The first kappa shape index (κ1) is 14.5. The maximum Gasteiger partial charge on any atom is 0.243 e. The van der Waals surface area contributed by atoms with E-state index in [4.69, 9.17) is 5.26 Å². The molecule has 2 rings (SSSR count). The molecule has 0 aromatic heterocycles. The molecule has 5 heteroatoms. The van der Waals surface area contributed by atoms with Gasteiger partial charge in [-0.2, -0.15) is 5.26 Å². The fourth-order valence-electron chi connectivity index (χ4n) is 1.78. The fourth-order valence-corrected chi connectivity index (χ4v) is 1.78. The number of carbonyl (C=O) groups is 1. The summed E-state index contributed by atoms with van der Waals surface area (Å²) in [5, 5.41) is 14.0. The average Bonchev–Trinajstić information content (AvgIpc) is 2.49. The smallest absolute Gasteiger partial charge is 0.243 e. The predicted molar refractivity (Wildman–Crippen MR) is 79.3 cm³/mol. The van der Waals surface area contributed by atoms with Gasteiger partial charge in [-0.3, -0.25) is 4.79 Å². The molecule has 1 amide bonds. The summed E-state index contributed by atoms with van der Waals surface area (Å²) in [6.07, 6.45) is 0.336. The highest BCUT2D eigenvalue weighted by Crippen LogP contribution is 2.12. The Morgan fingerprint density at radius 2 is 1.86 bits per heavy atom. The minimum atomic E-state index is -0.397. The molecule has 0 radical (unpaired) electrons. The zero-order valence-corrected chi connectivity index (χ0v) is 11.3. The monoisotopic (exact) mass is 283 g/mol. The Morgan fingerprint density at radius 3 is 2.52 bits per heavy atom. The molecule has 0 saturated carbocycles. The van der Waals surface area contributed by atoms with Crippen LogP contribution < -0.4 is 10.6 Å². The van der Waals surface area contributed by atoms with Crippen molar-refractivity contribution in [2.24, 2.45) is 0 Å². The molecule has 21 heavy (non-hydrogen) atoms. The third-order valence-electron chi connectivity index (χ3n) is 2.83. The van der Waals surface area contributed by atoms with Crippen LogP contribution in [-0.2, 0) is 11.2 Å². The molecule has 0 bridgehead atoms. The summed E-state index contributed by atoms with van der Waals surface area (Å²) in [7, 11) is 0. The van der Waals surface area contributed by atoms with Crippen LogP contribution in [0.5, 0.6) is 0 Å². The van der Waals surface area contributed by atoms with E-state index in [1.807, 2.05) is 0 Å². The van der Waals surface area contributed by atoms with Crippen molar-refractivity contribution < 1.29 is 9.18 Å². The molecule has 0 atom stereocenters. The van der Waals surface area contributed by atoms with Gasteiger partial charge in [-0.1, -0.05) is 24.3 Å². The Morgan fingerprint density at radius 1 is 1.14 bits per heavy atom. The molecule has 0 aliphatic carbocycles. The van der Waals surface area contributed by atoms with E-state index in [1.54, 1.807) is 42.5 Å². The molecular weight excluding hydrogens is 269 g/mol. The summed E-state index contributed by atoms with van der Waals surface area (Å²) in [6.45, 7) is -0.0269. The molecule has 0 aliphatic heterocycles. The van der Waals surface area contributed by atoms with Gasteiger partial charge in [0.1, 0.15) is 5.82 Å². The fraction of sp³-hybridized carbons (Fsp3) is 0.125. The van der Waals surface area contributed by atoms with Crippen molar-refractivity contribution >= 4 is 17.3 Å². The van der Waals surface area contributed by atoms with Gasteiger partial charge in [-0.05, 0) is 29.8 Å². The van der Waals surface area contributed by atoms with Crippen LogP contribution in [-0.4, -0.2) is 12.5 Å². The van der Waals surface area contributed by atoms with Crippen LogP contribution in [0.1, 0.15) is 5.56 Å². The number of halogens is 1. The van der Waals surface area contributed by atoms with Crippen LogP contribution in [0.25, 0.3) is 0 Å². The number of carbonyl (C=O) groups excluding carboxylic acids is 1. The first-order chi connectivity index (χ1) is 10.2. The molecule has 106 valence electrons. The zero-order valence-electron chi connectivity index (χ0n) is 11.3. The molecule has 2 N–H and O–H groups in total. The third-order valence-corrected chi connectivity index (χ3v) is 2.83. The molecule has 0 spiro atoms. The van der Waals surface area contributed by atoms with E-state index in [1.165, 1.54) is 6.07 Å². The second-order valence-electron chi connectivity index (χ2n) is 4.41. The first-order valence-corrected chi connectivity index (χ1v) is 6.43. The molecule has 0 unspecified atom stereocenters. The summed E-state index contributed by atoms with van der Waals surface area (Å²) in [5.41, 5.74) is 1.81. The molecule has 0 heterocycles. The number of hydrogen-bond donors (Lipinski definition) is 2. The maximum atomic E-state index is 13.4. The number of anilines is 2. The van der Waals surface area contributed by atoms with Crippen LogP contribution in [0.4, 0.5) is 15.8 Å². The van der Waals surface area contributed by atoms with E-state index in [9.17, 15) is 9.18 Å². The van der Waals surface area contributed by atoms with Gasteiger partial charge >= 0.3 is 0 Å². The largest absolute Gasteiger partial charge is 0.374 e. The highest BCUT2D eigenvalue weighted by Gasteiger charge is 2.05. The summed E-state index contributed by atoms with van der Waals surface area (Å²) >= 11 is 0. The minimum Gasteiger partial charge on any atom is -0.374 e. The molecule has 0 saturated heterocycles. The van der Waals surface area contributed by atoms with Crippen LogP contribution in [0.15, 0.2) is 48.5 Å². The topological polar surface area (TPSA) is 64.9 Å². The van der Waals surface area contributed by atoms with Gasteiger partial charge in [0.25, 0.3) is 0 Å². The van der Waals surface area contributed by atoms with Crippen molar-refractivity contribution in [2.75, 3.05) is 17.2 Å². The van der Waals surface area contributed by atoms with Crippen LogP contribution >= 0.6 is 0 Å². The Bertz CT molecular complexity index is 662. The second kappa shape index (κ2) is 7.06. The molecular formula is C16H14FN3O. The summed E-state index contributed by atoms with van der Waals surface area (Å²) in [5.74, 6) is -0.669. The van der Waals surface area contributed by atoms with Gasteiger partial charge < -0.3 is 10.6 Å². The lowest BCUT2D eigenvalue weighted by molar-refractivity contribution is -0.114. The Hall–Kier alpha value is -2.87. The van der Waals surface area contributed by atoms with E-state index in [0.717, 1.165) is 5.56 Å². The zero-order chi connectivity index (χ0) is 15.1. The lowest BCUT2D eigenvalue weighted by Crippen LogP contribution is -2.22. The standard InChI is InChI=1S/C16H14FN3O/c17-14-3-1-2-4-15(14)19-11-16(21)20-13-7-5-12(6-8-13)9-10-18/h1-8,19H,9,11H2,(H,20,21). The van der Waals surface area contributed by atoms with Crippen molar-refractivity contribution in [2.45, 2.75) is 6.42 Å². The quantitative estimate of drug-likeness (QED) is 0.886. The van der Waals surface area contributed by atoms with Crippen LogP contribution in [0.3, 0.4) is 0 Å². The summed E-state index contributed by atoms with van der Waals surface area (Å²) in [6, 6.07) is 15.3. The van der Waals surface area contributed by atoms with E-state index >= 15 is 0 Å². The van der Waals surface area contributed by atoms with Crippen molar-refractivity contribution in [1.29, 1.82) is 5.26 Å².